The molecular weight excluding hydrogens is 302 g/mol. The highest BCUT2D eigenvalue weighted by Gasteiger charge is 2.30. The minimum atomic E-state index is -0.229. The number of rotatable bonds is 4. The summed E-state index contributed by atoms with van der Waals surface area (Å²) in [5.74, 6) is -0.126. The maximum Gasteiger partial charge on any atom is 0.278 e. The van der Waals surface area contributed by atoms with Crippen LogP contribution in [-0.4, -0.2) is 49.4 Å². The van der Waals surface area contributed by atoms with E-state index in [9.17, 15) is 9.59 Å². The van der Waals surface area contributed by atoms with E-state index >= 15 is 0 Å². The number of piperidine rings is 1. The molecule has 3 rings (SSSR count). The first-order valence-electron chi connectivity index (χ1n) is 8.78. The Balaban J connectivity index is 1.54. The molecule has 0 spiro atoms. The van der Waals surface area contributed by atoms with Crippen molar-refractivity contribution in [1.82, 2.24) is 4.90 Å². The van der Waals surface area contributed by atoms with Gasteiger partial charge in [-0.25, -0.2) is 0 Å². The molecule has 5 heteroatoms. The molecule has 1 saturated heterocycles. The fourth-order valence-corrected chi connectivity index (χ4v) is 3.69. The van der Waals surface area contributed by atoms with Crippen molar-refractivity contribution < 1.29 is 14.5 Å². The zero-order valence-electron chi connectivity index (χ0n) is 14.0. The normalized spacial score (nSPS) is 24.3. The van der Waals surface area contributed by atoms with Crippen LogP contribution >= 0.6 is 0 Å². The lowest BCUT2D eigenvalue weighted by Gasteiger charge is -2.31. The first-order chi connectivity index (χ1) is 11.6. The van der Waals surface area contributed by atoms with Crippen LogP contribution in [0.2, 0.25) is 0 Å². The summed E-state index contributed by atoms with van der Waals surface area (Å²) in [4.78, 5) is 27.0. The van der Waals surface area contributed by atoms with Crippen LogP contribution in [0.25, 0.3) is 5.57 Å². The number of nitrogens with two attached hydrogens (primary N) is 1. The van der Waals surface area contributed by atoms with E-state index in [1.165, 1.54) is 16.0 Å². The predicted octanol–water partition coefficient (Wildman–Crippen LogP) is 0.0825. The van der Waals surface area contributed by atoms with Crippen LogP contribution in [0.15, 0.2) is 36.4 Å². The van der Waals surface area contributed by atoms with Crippen LogP contribution in [0.4, 0.5) is 0 Å². The number of primary amides is 1. The van der Waals surface area contributed by atoms with Crippen LogP contribution in [0.5, 0.6) is 0 Å². The second-order valence-electron chi connectivity index (χ2n) is 6.81. The van der Waals surface area contributed by atoms with Gasteiger partial charge in [-0.15, -0.1) is 0 Å². The Morgan fingerprint density at radius 3 is 2.71 bits per heavy atom. The summed E-state index contributed by atoms with van der Waals surface area (Å²) >= 11 is 0. The number of likely N-dealkylation sites (tertiary alicyclic amines) is 1. The minimum absolute atomic E-state index is 0.0764. The molecule has 2 atom stereocenters. The summed E-state index contributed by atoms with van der Waals surface area (Å²) < 4.78 is 0. The average Bonchev–Trinajstić information content (AvgIpc) is 2.63. The lowest BCUT2D eigenvalue weighted by molar-refractivity contribution is -0.899. The third kappa shape index (κ3) is 4.03. The minimum Gasteiger partial charge on any atom is -0.369 e. The molecule has 1 unspecified atom stereocenters. The highest BCUT2D eigenvalue weighted by atomic mass is 16.2. The van der Waals surface area contributed by atoms with Gasteiger partial charge >= 0.3 is 0 Å². The van der Waals surface area contributed by atoms with Gasteiger partial charge in [-0.1, -0.05) is 36.4 Å². The lowest BCUT2D eigenvalue weighted by atomic mass is 9.97. The molecule has 2 aliphatic rings. The molecule has 2 amide bonds. The van der Waals surface area contributed by atoms with Gasteiger partial charge in [-0.3, -0.25) is 9.59 Å². The smallest absolute Gasteiger partial charge is 0.278 e. The van der Waals surface area contributed by atoms with E-state index < -0.39 is 0 Å². The lowest BCUT2D eigenvalue weighted by Crippen LogP contribution is -3.15. The Morgan fingerprint density at radius 2 is 2.04 bits per heavy atom. The van der Waals surface area contributed by atoms with Crippen molar-refractivity contribution in [2.45, 2.75) is 19.3 Å². The maximum atomic E-state index is 12.5. The first-order valence-corrected chi connectivity index (χ1v) is 8.78. The molecular formula is C19H26N3O2+. The van der Waals surface area contributed by atoms with Crippen LogP contribution in [0, 0.1) is 5.92 Å². The average molecular weight is 328 g/mol. The fraction of sp³-hybridized carbons (Fsp3) is 0.474. The fourth-order valence-electron chi connectivity index (χ4n) is 3.69. The number of hydrogen-bond donors (Lipinski definition) is 2. The van der Waals surface area contributed by atoms with E-state index in [4.69, 9.17) is 5.73 Å². The van der Waals surface area contributed by atoms with Gasteiger partial charge in [0.1, 0.15) is 0 Å². The van der Waals surface area contributed by atoms with E-state index in [0.29, 0.717) is 19.6 Å². The molecule has 0 aromatic heterocycles. The zero-order chi connectivity index (χ0) is 16.9. The zero-order valence-corrected chi connectivity index (χ0v) is 14.0. The highest BCUT2D eigenvalue weighted by molar-refractivity contribution is 5.79. The quantitative estimate of drug-likeness (QED) is 0.822. The van der Waals surface area contributed by atoms with E-state index in [2.05, 4.69) is 18.2 Å². The number of carbonyl (C=O) groups is 2. The number of nitrogens with one attached hydrogen (secondary N) is 1. The Labute approximate surface area is 143 Å². The van der Waals surface area contributed by atoms with E-state index in [0.717, 1.165) is 32.4 Å². The Morgan fingerprint density at radius 1 is 1.25 bits per heavy atom. The number of carbonyl (C=O) groups excluding carboxylic acids is 2. The third-order valence-corrected chi connectivity index (χ3v) is 5.13. The van der Waals surface area contributed by atoms with Gasteiger partial charge < -0.3 is 15.5 Å². The van der Waals surface area contributed by atoms with Gasteiger partial charge in [0.25, 0.3) is 5.91 Å². The molecule has 24 heavy (non-hydrogen) atoms. The summed E-state index contributed by atoms with van der Waals surface area (Å²) in [5.41, 5.74) is 7.98. The topological polar surface area (TPSA) is 67.8 Å². The van der Waals surface area contributed by atoms with Crippen molar-refractivity contribution in [3.8, 4) is 0 Å². The van der Waals surface area contributed by atoms with Crippen LogP contribution < -0.4 is 10.6 Å². The predicted molar refractivity (Wildman–Crippen MR) is 93.1 cm³/mol. The molecule has 3 N–H and O–H groups in total. The van der Waals surface area contributed by atoms with E-state index in [1.807, 2.05) is 23.1 Å². The third-order valence-electron chi connectivity index (χ3n) is 5.13. The standard InChI is InChI=1S/C19H25N3O2/c20-19(24)17-7-4-10-21(13-17)14-18(23)22-11-8-16(9-12-22)15-5-2-1-3-6-15/h1-3,5-6,8,17H,4,7,9-14H2,(H2,20,24)/p+1/t17-/m1/s1. The maximum absolute atomic E-state index is 12.5. The Kier molecular flexibility index (Phi) is 5.30. The molecule has 2 aliphatic heterocycles. The van der Waals surface area contributed by atoms with Gasteiger partial charge in [0, 0.05) is 13.1 Å². The van der Waals surface area contributed by atoms with E-state index in [-0.39, 0.29) is 17.7 Å². The molecule has 0 saturated carbocycles. The second-order valence-corrected chi connectivity index (χ2v) is 6.81. The van der Waals surface area contributed by atoms with E-state index in [1.54, 1.807) is 0 Å². The molecule has 1 aromatic rings. The molecule has 0 bridgehead atoms. The van der Waals surface area contributed by atoms with Gasteiger partial charge in [0.05, 0.1) is 19.0 Å². The van der Waals surface area contributed by atoms with Crippen molar-refractivity contribution in [2.75, 3.05) is 32.7 Å². The second kappa shape index (κ2) is 7.62. The number of hydrogen-bond acceptors (Lipinski definition) is 2. The molecule has 2 heterocycles. The number of quaternary nitrogens is 1. The Hall–Kier alpha value is -2.14. The number of amides is 2. The largest absolute Gasteiger partial charge is 0.369 e. The highest BCUT2D eigenvalue weighted by Crippen LogP contribution is 2.21. The summed E-state index contributed by atoms with van der Waals surface area (Å²) in [7, 11) is 0. The SMILES string of the molecule is NC(=O)[C@@H]1CCC[NH+](CC(=O)N2CC=C(c3ccccc3)CC2)C1. The first kappa shape index (κ1) is 16.7. The van der Waals surface area contributed by atoms with Gasteiger partial charge in [0.15, 0.2) is 6.54 Å². The molecule has 0 radical (unpaired) electrons. The number of nitrogens with zero attached hydrogens (tertiary/aromatic N) is 1. The summed E-state index contributed by atoms with van der Waals surface area (Å²) in [6.07, 6.45) is 4.89. The van der Waals surface area contributed by atoms with Crippen molar-refractivity contribution >= 4 is 17.4 Å². The van der Waals surface area contributed by atoms with Gasteiger partial charge in [0.2, 0.25) is 5.91 Å². The van der Waals surface area contributed by atoms with Crippen molar-refractivity contribution in [3.05, 3.63) is 42.0 Å². The summed E-state index contributed by atoms with van der Waals surface area (Å²) in [6.45, 7) is 3.56. The monoisotopic (exact) mass is 328 g/mol. The van der Waals surface area contributed by atoms with Crippen molar-refractivity contribution in [2.24, 2.45) is 11.7 Å². The Bertz CT molecular complexity index is 627. The molecule has 5 nitrogen and oxygen atoms in total. The summed E-state index contributed by atoms with van der Waals surface area (Å²) in [5, 5.41) is 0. The van der Waals surface area contributed by atoms with Gasteiger partial charge in [-0.2, -0.15) is 0 Å². The number of benzene rings is 1. The molecule has 0 aliphatic carbocycles. The summed E-state index contributed by atoms with van der Waals surface area (Å²) in [6, 6.07) is 10.3. The van der Waals surface area contributed by atoms with Crippen molar-refractivity contribution in [1.29, 1.82) is 0 Å². The van der Waals surface area contributed by atoms with Crippen molar-refractivity contribution in [3.63, 3.8) is 0 Å². The molecule has 1 aromatic carbocycles. The van der Waals surface area contributed by atoms with Crippen LogP contribution in [0.3, 0.4) is 0 Å². The van der Waals surface area contributed by atoms with Crippen LogP contribution in [-0.2, 0) is 9.59 Å². The van der Waals surface area contributed by atoms with Crippen LogP contribution in [0.1, 0.15) is 24.8 Å². The molecule has 128 valence electrons. The van der Waals surface area contributed by atoms with Gasteiger partial charge in [-0.05, 0) is 30.4 Å². The molecule has 1 fully saturated rings.